The molecule has 2 unspecified atom stereocenters. The molecule has 0 radical (unpaired) electrons. The fourth-order valence-corrected chi connectivity index (χ4v) is 3.01. The number of hydrogen-bond acceptors (Lipinski definition) is 10. The van der Waals surface area contributed by atoms with Gasteiger partial charge in [0.15, 0.2) is 6.10 Å². The summed E-state index contributed by atoms with van der Waals surface area (Å²) in [4.78, 5) is 48.9. The van der Waals surface area contributed by atoms with Crippen molar-refractivity contribution in [3.63, 3.8) is 0 Å². The van der Waals surface area contributed by atoms with Crippen molar-refractivity contribution in [3.8, 4) is 11.1 Å². The molecule has 0 heterocycles. The third-order valence-corrected chi connectivity index (χ3v) is 4.97. The Morgan fingerprint density at radius 2 is 1.18 bits per heavy atom. The van der Waals surface area contributed by atoms with Crippen LogP contribution in [0.25, 0.3) is 11.1 Å². The second kappa shape index (κ2) is 14.5. The Kier molecular flexibility index (Phi) is 11.4. The molecule has 0 aliphatic heterocycles. The first kappa shape index (κ1) is 29.9. The molecule has 0 saturated carbocycles. The minimum Gasteiger partial charge on any atom is -0.459 e. The summed E-state index contributed by atoms with van der Waals surface area (Å²) < 4.78 is 20.3. The molecule has 2 N–H and O–H groups in total. The van der Waals surface area contributed by atoms with Gasteiger partial charge < -0.3 is 29.2 Å². The zero-order chi connectivity index (χ0) is 28.2. The number of rotatable bonds is 13. The maximum Gasteiger partial charge on any atom is 0.338 e. The Balaban J connectivity index is 2.15. The van der Waals surface area contributed by atoms with Gasteiger partial charge in [-0.1, -0.05) is 49.6 Å². The van der Waals surface area contributed by atoms with Crippen molar-refractivity contribution >= 4 is 23.9 Å². The van der Waals surface area contributed by atoms with Gasteiger partial charge in [0.05, 0.1) is 17.7 Å². The molecule has 2 aromatic rings. The van der Waals surface area contributed by atoms with Gasteiger partial charge in [-0.2, -0.15) is 0 Å². The molecule has 0 aromatic heterocycles. The van der Waals surface area contributed by atoms with E-state index in [4.69, 9.17) is 18.9 Å². The fourth-order valence-electron chi connectivity index (χ4n) is 3.01. The molecule has 0 amide bonds. The second-order valence-electron chi connectivity index (χ2n) is 8.31. The van der Waals surface area contributed by atoms with Crippen molar-refractivity contribution in [2.45, 2.75) is 26.1 Å². The summed E-state index contributed by atoms with van der Waals surface area (Å²) in [5.74, 6) is -2.96. The molecular formula is C28H30O10. The van der Waals surface area contributed by atoms with Crippen molar-refractivity contribution in [2.24, 2.45) is 0 Å². The molecule has 10 heteroatoms. The monoisotopic (exact) mass is 526 g/mol. The fraction of sp³-hybridized carbons (Fsp3) is 0.286. The van der Waals surface area contributed by atoms with Crippen molar-refractivity contribution in [3.05, 3.63) is 84.0 Å². The second-order valence-corrected chi connectivity index (χ2v) is 8.31. The van der Waals surface area contributed by atoms with Gasteiger partial charge in [0, 0.05) is 11.1 Å². The van der Waals surface area contributed by atoms with Crippen LogP contribution in [0.3, 0.4) is 0 Å². The number of aliphatic hydroxyl groups excluding tert-OH is 2. The van der Waals surface area contributed by atoms with Crippen molar-refractivity contribution in [1.29, 1.82) is 0 Å². The van der Waals surface area contributed by atoms with Crippen molar-refractivity contribution in [2.75, 3.05) is 26.4 Å². The van der Waals surface area contributed by atoms with Crippen LogP contribution in [0.5, 0.6) is 0 Å². The summed E-state index contributed by atoms with van der Waals surface area (Å²) in [6.45, 7) is 8.01. The first-order valence-electron chi connectivity index (χ1n) is 11.6. The van der Waals surface area contributed by atoms with E-state index in [1.807, 2.05) is 0 Å². The van der Waals surface area contributed by atoms with Crippen LogP contribution in [-0.2, 0) is 28.5 Å². The van der Waals surface area contributed by atoms with Gasteiger partial charge in [-0.25, -0.2) is 19.2 Å². The summed E-state index contributed by atoms with van der Waals surface area (Å²) in [7, 11) is 0. The lowest BCUT2D eigenvalue weighted by Gasteiger charge is -2.17. The van der Waals surface area contributed by atoms with E-state index in [2.05, 4.69) is 13.2 Å². The highest BCUT2D eigenvalue weighted by atomic mass is 16.6. The third kappa shape index (κ3) is 8.68. The lowest BCUT2D eigenvalue weighted by Crippen LogP contribution is -2.28. The normalized spacial score (nSPS) is 12.0. The number of aliphatic hydroxyl groups is 2. The summed E-state index contributed by atoms with van der Waals surface area (Å²) in [5, 5.41) is 19.4. The lowest BCUT2D eigenvalue weighted by atomic mass is 9.95. The summed E-state index contributed by atoms with van der Waals surface area (Å²) >= 11 is 0. The van der Waals surface area contributed by atoms with E-state index in [0.717, 1.165) is 0 Å². The SMILES string of the molecule is C=C(C)C(=O)OCC(O)COC(=O)c1ccccc1-c1ccccc1C(=O)OCC(CO)OC(=O)C(=C)C. The van der Waals surface area contributed by atoms with Crippen molar-refractivity contribution in [1.82, 2.24) is 0 Å². The molecule has 0 aliphatic rings. The van der Waals surface area contributed by atoms with E-state index in [0.29, 0.717) is 11.1 Å². The van der Waals surface area contributed by atoms with Crippen LogP contribution in [0.15, 0.2) is 72.8 Å². The van der Waals surface area contributed by atoms with Crippen LogP contribution in [0.4, 0.5) is 0 Å². The van der Waals surface area contributed by atoms with E-state index < -0.39 is 55.9 Å². The highest BCUT2D eigenvalue weighted by Gasteiger charge is 2.22. The first-order chi connectivity index (χ1) is 18.0. The van der Waals surface area contributed by atoms with Crippen LogP contribution in [0, 0.1) is 0 Å². The van der Waals surface area contributed by atoms with Crippen LogP contribution < -0.4 is 0 Å². The Bertz CT molecular complexity index is 1200. The van der Waals surface area contributed by atoms with Gasteiger partial charge in [0.2, 0.25) is 0 Å². The Labute approximate surface area is 220 Å². The van der Waals surface area contributed by atoms with Crippen LogP contribution in [0.1, 0.15) is 34.6 Å². The third-order valence-electron chi connectivity index (χ3n) is 4.97. The molecule has 0 saturated heterocycles. The number of carbonyl (C=O) groups excluding carboxylic acids is 4. The number of carbonyl (C=O) groups is 4. The summed E-state index contributed by atoms with van der Waals surface area (Å²) in [6, 6.07) is 12.7. The molecule has 0 bridgehead atoms. The van der Waals surface area contributed by atoms with E-state index in [9.17, 15) is 29.4 Å². The maximum absolute atomic E-state index is 12.9. The minimum atomic E-state index is -1.25. The topological polar surface area (TPSA) is 146 Å². The van der Waals surface area contributed by atoms with Crippen molar-refractivity contribution < 1.29 is 48.3 Å². The van der Waals surface area contributed by atoms with Gasteiger partial charge in [0.1, 0.15) is 25.9 Å². The predicted octanol–water partition coefficient (Wildman–Crippen LogP) is 2.63. The smallest absolute Gasteiger partial charge is 0.338 e. The van der Waals surface area contributed by atoms with Gasteiger partial charge in [-0.3, -0.25) is 0 Å². The van der Waals surface area contributed by atoms with E-state index in [-0.39, 0.29) is 28.9 Å². The van der Waals surface area contributed by atoms with Crippen LogP contribution in [-0.4, -0.2) is 72.7 Å². The van der Waals surface area contributed by atoms with Gasteiger partial charge in [-0.05, 0) is 37.1 Å². The molecule has 38 heavy (non-hydrogen) atoms. The molecule has 202 valence electrons. The summed E-state index contributed by atoms with van der Waals surface area (Å²) in [5.41, 5.74) is 1.25. The Morgan fingerprint density at radius 3 is 1.66 bits per heavy atom. The zero-order valence-electron chi connectivity index (χ0n) is 21.2. The van der Waals surface area contributed by atoms with E-state index >= 15 is 0 Å². The Hall–Kier alpha value is -4.28. The zero-order valence-corrected chi connectivity index (χ0v) is 21.2. The number of hydrogen-bond donors (Lipinski definition) is 2. The number of ether oxygens (including phenoxy) is 4. The highest BCUT2D eigenvalue weighted by molar-refractivity contribution is 6.03. The van der Waals surface area contributed by atoms with Gasteiger partial charge >= 0.3 is 23.9 Å². The lowest BCUT2D eigenvalue weighted by molar-refractivity contribution is -0.148. The standard InChI is InChI=1S/C28H30O10/c1-17(2)25(31)35-14-19(30)15-36-27(33)23-11-7-5-9-21(23)22-10-6-8-12-24(22)28(34)37-16-20(13-29)38-26(32)18(3)4/h5-12,19-20,29-30H,1,3,13-16H2,2,4H3. The van der Waals surface area contributed by atoms with Crippen LogP contribution in [0.2, 0.25) is 0 Å². The van der Waals surface area contributed by atoms with Gasteiger partial charge in [-0.15, -0.1) is 0 Å². The molecule has 2 aromatic carbocycles. The summed E-state index contributed by atoms with van der Waals surface area (Å²) in [6.07, 6.45) is -2.34. The molecule has 10 nitrogen and oxygen atoms in total. The quantitative estimate of drug-likeness (QED) is 0.227. The molecule has 0 spiro atoms. The Morgan fingerprint density at radius 1 is 0.737 bits per heavy atom. The minimum absolute atomic E-state index is 0.113. The van der Waals surface area contributed by atoms with E-state index in [1.54, 1.807) is 36.4 Å². The molecule has 0 aliphatic carbocycles. The number of benzene rings is 2. The van der Waals surface area contributed by atoms with E-state index in [1.165, 1.54) is 26.0 Å². The largest absolute Gasteiger partial charge is 0.459 e. The maximum atomic E-state index is 12.9. The van der Waals surface area contributed by atoms with Gasteiger partial charge in [0.25, 0.3) is 0 Å². The number of esters is 4. The average molecular weight is 527 g/mol. The predicted molar refractivity (Wildman–Crippen MR) is 136 cm³/mol. The first-order valence-corrected chi connectivity index (χ1v) is 11.6. The molecule has 0 fully saturated rings. The highest BCUT2D eigenvalue weighted by Crippen LogP contribution is 2.28. The molecule has 2 rings (SSSR count). The molecule has 2 atom stereocenters. The molecular weight excluding hydrogens is 496 g/mol. The average Bonchev–Trinajstić information content (AvgIpc) is 2.91. The van der Waals surface area contributed by atoms with Crippen LogP contribution >= 0.6 is 0 Å².